The summed E-state index contributed by atoms with van der Waals surface area (Å²) in [6.45, 7) is 5.28. The largest absolute Gasteiger partial charge is 0.483 e. The van der Waals surface area contributed by atoms with Gasteiger partial charge in [0, 0.05) is 16.1 Å². The van der Waals surface area contributed by atoms with Crippen LogP contribution >= 0.6 is 15.9 Å². The van der Waals surface area contributed by atoms with Crippen LogP contribution in [0.5, 0.6) is 5.75 Å². The summed E-state index contributed by atoms with van der Waals surface area (Å²) in [5.41, 5.74) is 1.02. The summed E-state index contributed by atoms with van der Waals surface area (Å²) in [6, 6.07) is 5.90. The van der Waals surface area contributed by atoms with Crippen LogP contribution in [-0.4, -0.2) is 25.6 Å². The molecule has 0 fully saturated rings. The molecule has 1 unspecified atom stereocenters. The topological polar surface area (TPSA) is 50.4 Å². The number of hydrogen-bond acceptors (Lipinski definition) is 3. The molecule has 5 heteroatoms. The third-order valence-corrected chi connectivity index (χ3v) is 3.38. The van der Waals surface area contributed by atoms with E-state index in [1.54, 1.807) is 0 Å². The highest BCUT2D eigenvalue weighted by Crippen LogP contribution is 2.28. The lowest BCUT2D eigenvalue weighted by atomic mass is 10.1. The molecule has 114 valence electrons. The van der Waals surface area contributed by atoms with Gasteiger partial charge in [0.05, 0.1) is 6.54 Å². The van der Waals surface area contributed by atoms with Crippen molar-refractivity contribution in [3.8, 4) is 18.1 Å². The third kappa shape index (κ3) is 6.19. The molecule has 0 aliphatic heterocycles. The molecule has 1 rings (SSSR count). The van der Waals surface area contributed by atoms with Gasteiger partial charge < -0.3 is 15.4 Å². The van der Waals surface area contributed by atoms with E-state index in [0.29, 0.717) is 5.75 Å². The Kier molecular flexibility index (Phi) is 7.88. The number of terminal acetylenes is 1. The lowest BCUT2D eigenvalue weighted by Crippen LogP contribution is -2.29. The summed E-state index contributed by atoms with van der Waals surface area (Å²) in [4.78, 5) is 11.5. The van der Waals surface area contributed by atoms with Crippen molar-refractivity contribution in [1.29, 1.82) is 0 Å². The van der Waals surface area contributed by atoms with Gasteiger partial charge in [-0.2, -0.15) is 0 Å². The van der Waals surface area contributed by atoms with Gasteiger partial charge in [0.25, 0.3) is 5.91 Å². The standard InChI is InChI=1S/C16H21BrN2O2/c1-4-8-18-12(3)14-10-13(17)6-7-15(14)21-11-16(20)19-9-5-2/h2,6-7,10,12,18H,4,8-9,11H2,1,3H3,(H,19,20). The van der Waals surface area contributed by atoms with Crippen LogP contribution in [0.2, 0.25) is 0 Å². The molecule has 21 heavy (non-hydrogen) atoms. The number of amides is 1. The summed E-state index contributed by atoms with van der Waals surface area (Å²) < 4.78 is 6.59. The molecule has 1 aromatic carbocycles. The lowest BCUT2D eigenvalue weighted by Gasteiger charge is -2.18. The molecule has 0 saturated heterocycles. The molecule has 0 heterocycles. The monoisotopic (exact) mass is 352 g/mol. The van der Waals surface area contributed by atoms with E-state index in [1.165, 1.54) is 0 Å². The van der Waals surface area contributed by atoms with Gasteiger partial charge in [-0.05, 0) is 38.1 Å². The van der Waals surface area contributed by atoms with E-state index in [9.17, 15) is 4.79 Å². The summed E-state index contributed by atoms with van der Waals surface area (Å²) in [5.74, 6) is 2.83. The molecule has 0 radical (unpaired) electrons. The minimum atomic E-state index is -0.226. The van der Waals surface area contributed by atoms with Crippen molar-refractivity contribution in [3.63, 3.8) is 0 Å². The molecule has 0 aromatic heterocycles. The second kappa shape index (κ2) is 9.43. The number of carbonyl (C=O) groups is 1. The molecule has 4 nitrogen and oxygen atoms in total. The Labute approximate surface area is 134 Å². The third-order valence-electron chi connectivity index (χ3n) is 2.89. The van der Waals surface area contributed by atoms with E-state index in [-0.39, 0.29) is 25.1 Å². The van der Waals surface area contributed by atoms with E-state index in [0.717, 1.165) is 23.0 Å². The van der Waals surface area contributed by atoms with E-state index in [4.69, 9.17) is 11.2 Å². The van der Waals surface area contributed by atoms with Gasteiger partial charge in [-0.3, -0.25) is 4.79 Å². The second-order valence-electron chi connectivity index (χ2n) is 4.63. The Morgan fingerprint density at radius 2 is 2.29 bits per heavy atom. The van der Waals surface area contributed by atoms with Crippen molar-refractivity contribution >= 4 is 21.8 Å². The zero-order valence-corrected chi connectivity index (χ0v) is 14.0. The highest BCUT2D eigenvalue weighted by atomic mass is 79.9. The fourth-order valence-electron chi connectivity index (χ4n) is 1.80. The maximum Gasteiger partial charge on any atom is 0.258 e. The first-order valence-electron chi connectivity index (χ1n) is 6.94. The molecular weight excluding hydrogens is 332 g/mol. The lowest BCUT2D eigenvalue weighted by molar-refractivity contribution is -0.122. The first-order chi connectivity index (χ1) is 10.1. The molecule has 0 bridgehead atoms. The summed E-state index contributed by atoms with van der Waals surface area (Å²) in [5, 5.41) is 5.98. The van der Waals surface area contributed by atoms with Crippen molar-refractivity contribution in [1.82, 2.24) is 10.6 Å². The minimum absolute atomic E-state index is 0.0448. The fourth-order valence-corrected chi connectivity index (χ4v) is 2.18. The number of hydrogen-bond donors (Lipinski definition) is 2. The van der Waals surface area contributed by atoms with Crippen molar-refractivity contribution < 1.29 is 9.53 Å². The first-order valence-corrected chi connectivity index (χ1v) is 7.73. The van der Waals surface area contributed by atoms with E-state index >= 15 is 0 Å². The number of benzene rings is 1. The Balaban J connectivity index is 2.72. The Morgan fingerprint density at radius 1 is 1.52 bits per heavy atom. The van der Waals surface area contributed by atoms with E-state index in [1.807, 2.05) is 18.2 Å². The van der Waals surface area contributed by atoms with Crippen molar-refractivity contribution in [2.75, 3.05) is 19.7 Å². The Bertz CT molecular complexity index is 511. The molecule has 2 N–H and O–H groups in total. The quantitative estimate of drug-likeness (QED) is 0.707. The van der Waals surface area contributed by atoms with E-state index in [2.05, 4.69) is 46.3 Å². The number of rotatable bonds is 8. The van der Waals surface area contributed by atoms with E-state index < -0.39 is 0 Å². The smallest absolute Gasteiger partial charge is 0.258 e. The SMILES string of the molecule is C#CCNC(=O)COc1ccc(Br)cc1C(C)NCCC. The van der Waals surface area contributed by atoms with Crippen molar-refractivity contribution in [2.45, 2.75) is 26.3 Å². The van der Waals surface area contributed by atoms with Crippen LogP contribution in [0.1, 0.15) is 31.9 Å². The molecule has 0 spiro atoms. The molecule has 0 aliphatic rings. The Hall–Kier alpha value is -1.51. The van der Waals surface area contributed by atoms with Gasteiger partial charge in [-0.15, -0.1) is 6.42 Å². The minimum Gasteiger partial charge on any atom is -0.483 e. The summed E-state index contributed by atoms with van der Waals surface area (Å²) in [6.07, 6.45) is 6.15. The number of halogens is 1. The number of nitrogens with one attached hydrogen (secondary N) is 2. The molecule has 0 aliphatic carbocycles. The van der Waals surface area contributed by atoms with Crippen LogP contribution in [0.25, 0.3) is 0 Å². The van der Waals surface area contributed by atoms with Crippen LogP contribution in [0.15, 0.2) is 22.7 Å². The summed E-state index contributed by atoms with van der Waals surface area (Å²) in [7, 11) is 0. The van der Waals surface area contributed by atoms with Crippen LogP contribution < -0.4 is 15.4 Å². The zero-order valence-electron chi connectivity index (χ0n) is 12.4. The maximum absolute atomic E-state index is 11.5. The average molecular weight is 353 g/mol. The predicted molar refractivity (Wildman–Crippen MR) is 88.2 cm³/mol. The Morgan fingerprint density at radius 3 is 2.95 bits per heavy atom. The van der Waals surface area contributed by atoms with Crippen molar-refractivity contribution in [3.05, 3.63) is 28.2 Å². The van der Waals surface area contributed by atoms with Gasteiger partial charge in [-0.1, -0.05) is 28.8 Å². The molecule has 0 saturated carbocycles. The predicted octanol–water partition coefficient (Wildman–Crippen LogP) is 2.64. The molecule has 1 atom stereocenters. The number of ether oxygens (including phenoxy) is 1. The molecular formula is C16H21BrN2O2. The zero-order chi connectivity index (χ0) is 15.7. The normalized spacial score (nSPS) is 11.5. The van der Waals surface area contributed by atoms with Gasteiger partial charge in [0.15, 0.2) is 6.61 Å². The highest BCUT2D eigenvalue weighted by molar-refractivity contribution is 9.10. The molecule has 1 aromatic rings. The fraction of sp³-hybridized carbons (Fsp3) is 0.438. The van der Waals surface area contributed by atoms with Crippen LogP contribution in [-0.2, 0) is 4.79 Å². The van der Waals surface area contributed by atoms with Gasteiger partial charge >= 0.3 is 0 Å². The first kappa shape index (κ1) is 17.5. The van der Waals surface area contributed by atoms with Crippen molar-refractivity contribution in [2.24, 2.45) is 0 Å². The van der Waals surface area contributed by atoms with Gasteiger partial charge in [0.2, 0.25) is 0 Å². The van der Waals surface area contributed by atoms with Crippen LogP contribution in [0.4, 0.5) is 0 Å². The molecule has 1 amide bonds. The van der Waals surface area contributed by atoms with Crippen LogP contribution in [0.3, 0.4) is 0 Å². The van der Waals surface area contributed by atoms with Gasteiger partial charge in [0.1, 0.15) is 5.75 Å². The highest BCUT2D eigenvalue weighted by Gasteiger charge is 2.13. The number of carbonyl (C=O) groups excluding carboxylic acids is 1. The summed E-state index contributed by atoms with van der Waals surface area (Å²) >= 11 is 3.46. The van der Waals surface area contributed by atoms with Crippen LogP contribution in [0, 0.1) is 12.3 Å². The average Bonchev–Trinajstić information content (AvgIpc) is 2.49. The maximum atomic E-state index is 11.5. The van der Waals surface area contributed by atoms with Gasteiger partial charge in [-0.25, -0.2) is 0 Å². The second-order valence-corrected chi connectivity index (χ2v) is 5.54.